The number of aliphatic hydroxyl groups excluding tert-OH is 1. The average molecular weight is 331 g/mol. The van der Waals surface area contributed by atoms with Gasteiger partial charge in [0.15, 0.2) is 5.69 Å². The molecule has 0 aliphatic rings. The normalized spacial score (nSPS) is 12.8. The maximum atomic E-state index is 13.0. The molecule has 0 aliphatic carbocycles. The third-order valence-corrected chi connectivity index (χ3v) is 3.30. The van der Waals surface area contributed by atoms with Crippen LogP contribution in [-0.2, 0) is 24.6 Å². The highest BCUT2D eigenvalue weighted by molar-refractivity contribution is 5.20. The number of hydrogen-bond acceptors (Lipinski definition) is 4. The van der Waals surface area contributed by atoms with Crippen LogP contribution in [-0.4, -0.2) is 26.5 Å². The SMILES string of the molecule is CC(C)(C)c1cnc(Cn2cc(CCCO)c(C(F)(F)F)n2)o1. The fraction of sp³-hybridized carbons (Fsp3) is 0.600. The first-order valence-corrected chi connectivity index (χ1v) is 7.31. The number of rotatable bonds is 5. The number of oxazole rings is 1. The van der Waals surface area contributed by atoms with Gasteiger partial charge in [0.25, 0.3) is 0 Å². The second-order valence-corrected chi connectivity index (χ2v) is 6.39. The van der Waals surface area contributed by atoms with Gasteiger partial charge in [0, 0.05) is 23.8 Å². The minimum atomic E-state index is -4.52. The van der Waals surface area contributed by atoms with Crippen molar-refractivity contribution in [1.29, 1.82) is 0 Å². The van der Waals surface area contributed by atoms with Crippen molar-refractivity contribution in [2.24, 2.45) is 0 Å². The van der Waals surface area contributed by atoms with E-state index in [1.165, 1.54) is 10.9 Å². The highest BCUT2D eigenvalue weighted by Crippen LogP contribution is 2.31. The largest absolute Gasteiger partial charge is 0.443 e. The van der Waals surface area contributed by atoms with E-state index >= 15 is 0 Å². The summed E-state index contributed by atoms with van der Waals surface area (Å²) >= 11 is 0. The molecule has 5 nitrogen and oxygen atoms in total. The number of hydrogen-bond donors (Lipinski definition) is 1. The monoisotopic (exact) mass is 331 g/mol. The molecule has 2 rings (SSSR count). The zero-order valence-corrected chi connectivity index (χ0v) is 13.3. The van der Waals surface area contributed by atoms with E-state index in [2.05, 4.69) is 10.1 Å². The fourth-order valence-corrected chi connectivity index (χ4v) is 2.10. The van der Waals surface area contributed by atoms with E-state index in [-0.39, 0.29) is 37.0 Å². The minimum Gasteiger partial charge on any atom is -0.443 e. The highest BCUT2D eigenvalue weighted by Gasteiger charge is 2.37. The Bertz CT molecular complexity index is 654. The molecule has 128 valence electrons. The average Bonchev–Trinajstić information content (AvgIpc) is 3.02. The predicted molar refractivity (Wildman–Crippen MR) is 76.9 cm³/mol. The second-order valence-electron chi connectivity index (χ2n) is 6.39. The molecule has 0 saturated heterocycles. The van der Waals surface area contributed by atoms with Crippen molar-refractivity contribution in [2.45, 2.75) is 51.7 Å². The Labute approximate surface area is 132 Å². The quantitative estimate of drug-likeness (QED) is 0.914. The summed E-state index contributed by atoms with van der Waals surface area (Å²) in [5.74, 6) is 0.969. The molecular weight excluding hydrogens is 311 g/mol. The van der Waals surface area contributed by atoms with Crippen molar-refractivity contribution < 1.29 is 22.7 Å². The first-order chi connectivity index (χ1) is 10.6. The van der Waals surface area contributed by atoms with Gasteiger partial charge in [-0.25, -0.2) is 4.98 Å². The summed E-state index contributed by atoms with van der Waals surface area (Å²) in [6, 6.07) is 0. The van der Waals surface area contributed by atoms with Crippen molar-refractivity contribution in [3.63, 3.8) is 0 Å². The zero-order valence-electron chi connectivity index (χ0n) is 13.3. The maximum Gasteiger partial charge on any atom is 0.435 e. The summed E-state index contributed by atoms with van der Waals surface area (Å²) in [4.78, 5) is 4.09. The van der Waals surface area contributed by atoms with Crippen LogP contribution in [0, 0.1) is 0 Å². The topological polar surface area (TPSA) is 64.1 Å². The lowest BCUT2D eigenvalue weighted by Gasteiger charge is -2.13. The lowest BCUT2D eigenvalue weighted by atomic mass is 9.94. The number of aliphatic hydroxyl groups is 1. The molecule has 0 atom stereocenters. The van der Waals surface area contributed by atoms with Gasteiger partial charge in [0.1, 0.15) is 12.3 Å². The summed E-state index contributed by atoms with van der Waals surface area (Å²) in [6.07, 6.45) is -1.25. The van der Waals surface area contributed by atoms with Gasteiger partial charge in [-0.1, -0.05) is 20.8 Å². The Kier molecular flexibility index (Phi) is 4.84. The minimum absolute atomic E-state index is 0.0261. The van der Waals surface area contributed by atoms with Crippen LogP contribution >= 0.6 is 0 Å². The zero-order chi connectivity index (χ0) is 17.3. The highest BCUT2D eigenvalue weighted by atomic mass is 19.4. The summed E-state index contributed by atoms with van der Waals surface area (Å²) in [7, 11) is 0. The Balaban J connectivity index is 2.23. The van der Waals surface area contributed by atoms with Crippen LogP contribution in [0.2, 0.25) is 0 Å². The summed E-state index contributed by atoms with van der Waals surface area (Å²) in [6.45, 7) is 5.73. The second kappa shape index (κ2) is 6.35. The van der Waals surface area contributed by atoms with Crippen LogP contribution in [0.5, 0.6) is 0 Å². The number of halogens is 3. The summed E-state index contributed by atoms with van der Waals surface area (Å²) < 4.78 is 45.8. The molecule has 0 aromatic carbocycles. The molecular formula is C15H20F3N3O2. The van der Waals surface area contributed by atoms with Gasteiger partial charge >= 0.3 is 6.18 Å². The molecule has 2 aromatic heterocycles. The maximum absolute atomic E-state index is 13.0. The molecule has 2 aromatic rings. The molecule has 1 N–H and O–H groups in total. The Morgan fingerprint density at radius 3 is 2.48 bits per heavy atom. The van der Waals surface area contributed by atoms with Gasteiger partial charge in [-0.15, -0.1) is 0 Å². The van der Waals surface area contributed by atoms with Crippen LogP contribution < -0.4 is 0 Å². The van der Waals surface area contributed by atoms with Crippen LogP contribution in [0.4, 0.5) is 13.2 Å². The van der Waals surface area contributed by atoms with Crippen molar-refractivity contribution in [3.05, 3.63) is 35.3 Å². The third kappa shape index (κ3) is 4.34. The van der Waals surface area contributed by atoms with E-state index in [0.29, 0.717) is 11.7 Å². The van der Waals surface area contributed by atoms with E-state index < -0.39 is 11.9 Å². The smallest absolute Gasteiger partial charge is 0.435 e. The first-order valence-electron chi connectivity index (χ1n) is 7.31. The van der Waals surface area contributed by atoms with E-state index in [0.717, 1.165) is 0 Å². The standard InChI is InChI=1S/C15H20F3N3O2/c1-14(2,3)11-7-19-12(23-11)9-21-8-10(5-4-6-22)13(20-21)15(16,17)18/h7-8,22H,4-6,9H2,1-3H3. The number of alkyl halides is 3. The van der Waals surface area contributed by atoms with Crippen LogP contribution in [0.15, 0.2) is 16.8 Å². The van der Waals surface area contributed by atoms with Crippen LogP contribution in [0.25, 0.3) is 0 Å². The number of aromatic nitrogens is 3. The molecule has 0 fully saturated rings. The Morgan fingerprint density at radius 2 is 1.96 bits per heavy atom. The van der Waals surface area contributed by atoms with Crippen molar-refractivity contribution in [3.8, 4) is 0 Å². The molecule has 8 heteroatoms. The lowest BCUT2D eigenvalue weighted by Crippen LogP contribution is -2.11. The van der Waals surface area contributed by atoms with Crippen LogP contribution in [0.1, 0.15) is 50.1 Å². The van der Waals surface area contributed by atoms with E-state index in [1.54, 1.807) is 6.20 Å². The van der Waals surface area contributed by atoms with Crippen LogP contribution in [0.3, 0.4) is 0 Å². The Hall–Kier alpha value is -1.83. The van der Waals surface area contributed by atoms with Crippen molar-refractivity contribution in [1.82, 2.24) is 14.8 Å². The Morgan fingerprint density at radius 1 is 1.26 bits per heavy atom. The fourth-order valence-electron chi connectivity index (χ4n) is 2.10. The van der Waals surface area contributed by atoms with Gasteiger partial charge in [0.05, 0.1) is 6.20 Å². The van der Waals surface area contributed by atoms with Gasteiger partial charge < -0.3 is 9.52 Å². The number of aryl methyl sites for hydroxylation is 1. The van der Waals surface area contributed by atoms with E-state index in [4.69, 9.17) is 9.52 Å². The van der Waals surface area contributed by atoms with Gasteiger partial charge in [-0.05, 0) is 12.8 Å². The first kappa shape index (κ1) is 17.5. The molecule has 0 amide bonds. The van der Waals surface area contributed by atoms with E-state index in [1.807, 2.05) is 20.8 Å². The lowest BCUT2D eigenvalue weighted by molar-refractivity contribution is -0.142. The van der Waals surface area contributed by atoms with Crippen molar-refractivity contribution >= 4 is 0 Å². The third-order valence-electron chi connectivity index (χ3n) is 3.30. The molecule has 2 heterocycles. The predicted octanol–water partition coefficient (Wildman–Crippen LogP) is 3.16. The van der Waals surface area contributed by atoms with Gasteiger partial charge in [0.2, 0.25) is 5.89 Å². The van der Waals surface area contributed by atoms with E-state index in [9.17, 15) is 13.2 Å². The molecule has 0 radical (unpaired) electrons. The molecule has 0 spiro atoms. The van der Waals surface area contributed by atoms with Gasteiger partial charge in [-0.3, -0.25) is 4.68 Å². The van der Waals surface area contributed by atoms with Crippen molar-refractivity contribution in [2.75, 3.05) is 6.61 Å². The molecule has 0 aliphatic heterocycles. The summed E-state index contributed by atoms with van der Waals surface area (Å²) in [5, 5.41) is 12.4. The summed E-state index contributed by atoms with van der Waals surface area (Å²) in [5.41, 5.74) is -1.08. The van der Waals surface area contributed by atoms with Gasteiger partial charge in [-0.2, -0.15) is 18.3 Å². The molecule has 0 saturated carbocycles. The number of nitrogens with zero attached hydrogens (tertiary/aromatic N) is 3. The molecule has 23 heavy (non-hydrogen) atoms. The molecule has 0 bridgehead atoms. The molecule has 0 unspecified atom stereocenters.